The highest BCUT2D eigenvalue weighted by Gasteiger charge is 2.41. The van der Waals surface area contributed by atoms with Crippen molar-refractivity contribution in [3.8, 4) is 0 Å². The van der Waals surface area contributed by atoms with Gasteiger partial charge in [0, 0.05) is 19.1 Å². The van der Waals surface area contributed by atoms with E-state index in [4.69, 9.17) is 18.9 Å². The van der Waals surface area contributed by atoms with E-state index in [2.05, 4.69) is 20.8 Å². The predicted octanol–water partition coefficient (Wildman–Crippen LogP) is 5.34. The van der Waals surface area contributed by atoms with Crippen LogP contribution in [-0.2, 0) is 18.9 Å². The van der Waals surface area contributed by atoms with E-state index in [1.807, 2.05) is 13.8 Å². The second-order valence-corrected chi connectivity index (χ2v) is 7.31. The highest BCUT2D eigenvalue weighted by Crippen LogP contribution is 2.34. The van der Waals surface area contributed by atoms with Crippen LogP contribution in [-0.4, -0.2) is 44.4 Å². The van der Waals surface area contributed by atoms with Crippen molar-refractivity contribution in [2.75, 3.05) is 26.4 Å². The average molecular weight is 359 g/mol. The Morgan fingerprint density at radius 3 is 2.08 bits per heavy atom. The molecule has 0 bridgehead atoms. The fourth-order valence-electron chi connectivity index (χ4n) is 3.67. The van der Waals surface area contributed by atoms with E-state index in [0.717, 1.165) is 25.9 Å². The van der Waals surface area contributed by atoms with Crippen LogP contribution in [0.1, 0.15) is 86.0 Å². The predicted molar refractivity (Wildman–Crippen MR) is 103 cm³/mol. The Morgan fingerprint density at radius 1 is 0.920 bits per heavy atom. The van der Waals surface area contributed by atoms with Gasteiger partial charge in [-0.1, -0.05) is 52.4 Å². The largest absolute Gasteiger partial charge is 0.375 e. The zero-order valence-corrected chi connectivity index (χ0v) is 17.4. The first-order chi connectivity index (χ1) is 12.1. The summed E-state index contributed by atoms with van der Waals surface area (Å²) < 4.78 is 23.9. The summed E-state index contributed by atoms with van der Waals surface area (Å²) in [7, 11) is 0. The van der Waals surface area contributed by atoms with Gasteiger partial charge in [0.1, 0.15) is 6.10 Å². The van der Waals surface area contributed by atoms with Crippen LogP contribution < -0.4 is 0 Å². The molecule has 0 aromatic rings. The van der Waals surface area contributed by atoms with Crippen molar-refractivity contribution in [3.05, 3.63) is 0 Å². The molecule has 1 aliphatic heterocycles. The van der Waals surface area contributed by atoms with Crippen molar-refractivity contribution in [2.45, 2.75) is 104 Å². The van der Waals surface area contributed by atoms with Gasteiger partial charge in [-0.25, -0.2) is 0 Å². The summed E-state index contributed by atoms with van der Waals surface area (Å²) in [6.45, 7) is 13.5. The molecule has 3 unspecified atom stereocenters. The van der Waals surface area contributed by atoms with Gasteiger partial charge in [-0.15, -0.1) is 0 Å². The van der Waals surface area contributed by atoms with Crippen molar-refractivity contribution in [1.82, 2.24) is 0 Å². The fourth-order valence-corrected chi connectivity index (χ4v) is 3.67. The summed E-state index contributed by atoms with van der Waals surface area (Å²) in [5.74, 6) is -0.319. The molecule has 0 aromatic heterocycles. The van der Waals surface area contributed by atoms with Crippen molar-refractivity contribution in [3.63, 3.8) is 0 Å². The van der Waals surface area contributed by atoms with Crippen molar-refractivity contribution < 1.29 is 18.9 Å². The lowest BCUT2D eigenvalue weighted by Crippen LogP contribution is -2.47. The minimum absolute atomic E-state index is 0.175. The summed E-state index contributed by atoms with van der Waals surface area (Å²) in [5, 5.41) is 0. The molecule has 0 spiro atoms. The van der Waals surface area contributed by atoms with Crippen LogP contribution >= 0.6 is 0 Å². The lowest BCUT2D eigenvalue weighted by atomic mass is 9.86. The van der Waals surface area contributed by atoms with Gasteiger partial charge >= 0.3 is 0 Å². The Kier molecular flexibility index (Phi) is 12.0. The van der Waals surface area contributed by atoms with E-state index >= 15 is 0 Å². The second kappa shape index (κ2) is 13.1. The monoisotopic (exact) mass is 358 g/mol. The molecule has 150 valence electrons. The third kappa shape index (κ3) is 8.85. The van der Waals surface area contributed by atoms with Crippen LogP contribution in [0.25, 0.3) is 0 Å². The van der Waals surface area contributed by atoms with Gasteiger partial charge in [0.2, 0.25) is 0 Å². The molecule has 1 aliphatic rings. The maximum absolute atomic E-state index is 6.34. The summed E-state index contributed by atoms with van der Waals surface area (Å²) in [5.41, 5.74) is 0. The molecule has 1 rings (SSSR count). The van der Waals surface area contributed by atoms with E-state index < -0.39 is 5.79 Å². The lowest BCUT2D eigenvalue weighted by Gasteiger charge is -2.41. The third-order valence-electron chi connectivity index (χ3n) is 5.07. The molecule has 0 amide bonds. The van der Waals surface area contributed by atoms with E-state index in [0.29, 0.717) is 25.9 Å². The standard InChI is InChI=1S/C21H42O4/c1-6-10-11-12-13-15-20(23-17-18-16-22-18)19(14-7-2)21(5,24-8-3)25-9-4/h18-20H,6-17H2,1-5H3. The Bertz CT molecular complexity index is 311. The van der Waals surface area contributed by atoms with Crippen LogP contribution in [0.2, 0.25) is 0 Å². The first-order valence-corrected chi connectivity index (χ1v) is 10.6. The zero-order chi connectivity index (χ0) is 18.5. The molecule has 4 heteroatoms. The number of ether oxygens (including phenoxy) is 4. The number of hydrogen-bond acceptors (Lipinski definition) is 4. The number of unbranched alkanes of at least 4 members (excludes halogenated alkanes) is 4. The summed E-state index contributed by atoms with van der Waals surface area (Å²) >= 11 is 0. The second-order valence-electron chi connectivity index (χ2n) is 7.31. The maximum Gasteiger partial charge on any atom is 0.170 e. The van der Waals surface area contributed by atoms with Gasteiger partial charge in [-0.2, -0.15) is 0 Å². The molecule has 0 saturated carbocycles. The molecule has 1 heterocycles. The molecule has 0 radical (unpaired) electrons. The normalized spacial score (nSPS) is 19.8. The quantitative estimate of drug-likeness (QED) is 0.200. The molecule has 1 fully saturated rings. The lowest BCUT2D eigenvalue weighted by molar-refractivity contribution is -0.272. The molecule has 1 saturated heterocycles. The molecule has 3 atom stereocenters. The van der Waals surface area contributed by atoms with E-state index in [9.17, 15) is 0 Å². The summed E-state index contributed by atoms with van der Waals surface area (Å²) in [4.78, 5) is 0. The zero-order valence-electron chi connectivity index (χ0n) is 17.4. The van der Waals surface area contributed by atoms with Gasteiger partial charge in [0.05, 0.1) is 19.3 Å². The van der Waals surface area contributed by atoms with Crippen LogP contribution in [0.4, 0.5) is 0 Å². The topological polar surface area (TPSA) is 40.2 Å². The van der Waals surface area contributed by atoms with Crippen molar-refractivity contribution in [2.24, 2.45) is 5.92 Å². The van der Waals surface area contributed by atoms with Gasteiger partial charge < -0.3 is 18.9 Å². The SMILES string of the molecule is CCCCCCCC(OCC1CO1)C(CCC)C(C)(OCC)OCC. The molecule has 0 aliphatic carbocycles. The summed E-state index contributed by atoms with van der Waals surface area (Å²) in [6.07, 6.45) is 10.1. The number of hydrogen-bond donors (Lipinski definition) is 0. The van der Waals surface area contributed by atoms with Crippen molar-refractivity contribution >= 4 is 0 Å². The molecule has 0 N–H and O–H groups in total. The highest BCUT2D eigenvalue weighted by atomic mass is 16.7. The minimum Gasteiger partial charge on any atom is -0.375 e. The van der Waals surface area contributed by atoms with Gasteiger partial charge in [-0.3, -0.25) is 0 Å². The smallest absolute Gasteiger partial charge is 0.170 e. The van der Waals surface area contributed by atoms with E-state index in [1.165, 1.54) is 32.1 Å². The van der Waals surface area contributed by atoms with E-state index in [1.54, 1.807) is 0 Å². The Labute approximate surface area is 155 Å². The van der Waals surface area contributed by atoms with Gasteiger partial charge in [0.25, 0.3) is 0 Å². The molecular weight excluding hydrogens is 316 g/mol. The molecule has 0 aromatic carbocycles. The summed E-state index contributed by atoms with van der Waals surface area (Å²) in [6, 6.07) is 0. The minimum atomic E-state index is -0.571. The molecule has 4 nitrogen and oxygen atoms in total. The van der Waals surface area contributed by atoms with Crippen LogP contribution in [0, 0.1) is 5.92 Å². The average Bonchev–Trinajstić information content (AvgIpc) is 3.40. The number of epoxide rings is 1. The Balaban J connectivity index is 2.73. The number of rotatable bonds is 17. The van der Waals surface area contributed by atoms with E-state index in [-0.39, 0.29) is 12.0 Å². The van der Waals surface area contributed by atoms with Crippen LogP contribution in [0.15, 0.2) is 0 Å². The van der Waals surface area contributed by atoms with Gasteiger partial charge in [0.15, 0.2) is 5.79 Å². The van der Waals surface area contributed by atoms with Crippen LogP contribution in [0.3, 0.4) is 0 Å². The molecule has 25 heavy (non-hydrogen) atoms. The highest BCUT2D eigenvalue weighted by molar-refractivity contribution is 4.84. The Hall–Kier alpha value is -0.160. The Morgan fingerprint density at radius 2 is 1.56 bits per heavy atom. The maximum atomic E-state index is 6.34. The first kappa shape index (κ1) is 22.9. The molecular formula is C21H42O4. The van der Waals surface area contributed by atoms with Crippen LogP contribution in [0.5, 0.6) is 0 Å². The van der Waals surface area contributed by atoms with Crippen molar-refractivity contribution in [1.29, 1.82) is 0 Å². The van der Waals surface area contributed by atoms with Gasteiger partial charge in [-0.05, 0) is 33.6 Å². The fraction of sp³-hybridized carbons (Fsp3) is 1.00. The third-order valence-corrected chi connectivity index (χ3v) is 5.07. The first-order valence-electron chi connectivity index (χ1n) is 10.6.